The van der Waals surface area contributed by atoms with Gasteiger partial charge in [0.1, 0.15) is 0 Å². The van der Waals surface area contributed by atoms with E-state index in [1.54, 1.807) is 7.11 Å². The molecule has 0 aliphatic carbocycles. The van der Waals surface area contributed by atoms with E-state index >= 15 is 0 Å². The number of methoxy groups -OCH3 is 1. The van der Waals surface area contributed by atoms with Crippen molar-refractivity contribution in [1.82, 2.24) is 0 Å². The van der Waals surface area contributed by atoms with Gasteiger partial charge in [-0.3, -0.25) is 0 Å². The lowest BCUT2D eigenvalue weighted by molar-refractivity contribution is -0.115. The van der Waals surface area contributed by atoms with Gasteiger partial charge in [-0.05, 0) is 46.7 Å². The Morgan fingerprint density at radius 3 is 2.57 bits per heavy atom. The molecule has 0 bridgehead atoms. The molecular formula is C11H13IO2. The SMILES string of the molecule is COC1CCC(c2ccc(I)cc2)O1. The first-order valence-electron chi connectivity index (χ1n) is 4.73. The zero-order valence-electron chi connectivity index (χ0n) is 8.07. The third-order valence-electron chi connectivity index (χ3n) is 2.49. The molecule has 0 aromatic heterocycles. The molecule has 2 atom stereocenters. The van der Waals surface area contributed by atoms with Gasteiger partial charge in [0.2, 0.25) is 0 Å². The quantitative estimate of drug-likeness (QED) is 0.782. The molecule has 0 amide bonds. The second kappa shape index (κ2) is 4.59. The molecule has 0 N–H and O–H groups in total. The minimum atomic E-state index is -0.0146. The largest absolute Gasteiger partial charge is 0.356 e. The van der Waals surface area contributed by atoms with Crippen molar-refractivity contribution >= 4 is 22.6 Å². The average molecular weight is 304 g/mol. The average Bonchev–Trinajstić information content (AvgIpc) is 2.67. The molecule has 2 rings (SSSR count). The van der Waals surface area contributed by atoms with E-state index in [9.17, 15) is 0 Å². The van der Waals surface area contributed by atoms with Crippen LogP contribution in [0.25, 0.3) is 0 Å². The van der Waals surface area contributed by atoms with Gasteiger partial charge in [0.05, 0.1) is 6.10 Å². The van der Waals surface area contributed by atoms with Gasteiger partial charge in [0.25, 0.3) is 0 Å². The molecule has 1 heterocycles. The first-order chi connectivity index (χ1) is 6.79. The number of halogens is 1. The molecule has 1 aliphatic rings. The summed E-state index contributed by atoms with van der Waals surface area (Å²) in [5.74, 6) is 0. The van der Waals surface area contributed by atoms with Crippen LogP contribution in [0, 0.1) is 3.57 Å². The summed E-state index contributed by atoms with van der Waals surface area (Å²) in [7, 11) is 1.70. The van der Waals surface area contributed by atoms with Crippen molar-refractivity contribution in [2.24, 2.45) is 0 Å². The lowest BCUT2D eigenvalue weighted by Gasteiger charge is -2.12. The number of benzene rings is 1. The molecule has 3 heteroatoms. The summed E-state index contributed by atoms with van der Waals surface area (Å²) in [4.78, 5) is 0. The highest BCUT2D eigenvalue weighted by Gasteiger charge is 2.25. The predicted octanol–water partition coefficient (Wildman–Crippen LogP) is 3.12. The molecule has 0 radical (unpaired) electrons. The number of hydrogen-bond donors (Lipinski definition) is 0. The second-order valence-electron chi connectivity index (χ2n) is 3.42. The highest BCUT2D eigenvalue weighted by atomic mass is 127. The lowest BCUT2D eigenvalue weighted by atomic mass is 10.1. The fourth-order valence-electron chi connectivity index (χ4n) is 1.70. The van der Waals surface area contributed by atoms with Crippen LogP contribution in [0.4, 0.5) is 0 Å². The number of rotatable bonds is 2. The molecule has 1 aliphatic heterocycles. The van der Waals surface area contributed by atoms with Crippen molar-refractivity contribution in [2.45, 2.75) is 25.2 Å². The normalized spacial score (nSPS) is 26.7. The Morgan fingerprint density at radius 1 is 1.29 bits per heavy atom. The Hall–Kier alpha value is -0.130. The fourth-order valence-corrected chi connectivity index (χ4v) is 2.06. The van der Waals surface area contributed by atoms with Crippen molar-refractivity contribution in [3.8, 4) is 0 Å². The molecule has 2 unspecified atom stereocenters. The van der Waals surface area contributed by atoms with Crippen molar-refractivity contribution in [3.63, 3.8) is 0 Å². The Morgan fingerprint density at radius 2 is 2.00 bits per heavy atom. The minimum Gasteiger partial charge on any atom is -0.356 e. The van der Waals surface area contributed by atoms with Crippen LogP contribution in [0.1, 0.15) is 24.5 Å². The highest BCUT2D eigenvalue weighted by Crippen LogP contribution is 2.32. The Bertz CT molecular complexity index is 297. The summed E-state index contributed by atoms with van der Waals surface area (Å²) < 4.78 is 12.1. The summed E-state index contributed by atoms with van der Waals surface area (Å²) in [5, 5.41) is 0. The maximum Gasteiger partial charge on any atom is 0.158 e. The topological polar surface area (TPSA) is 18.5 Å². The van der Waals surface area contributed by atoms with Crippen molar-refractivity contribution in [3.05, 3.63) is 33.4 Å². The van der Waals surface area contributed by atoms with Gasteiger partial charge in [-0.2, -0.15) is 0 Å². The van der Waals surface area contributed by atoms with E-state index in [1.165, 1.54) is 9.13 Å². The van der Waals surface area contributed by atoms with Crippen molar-refractivity contribution in [1.29, 1.82) is 0 Å². The fraction of sp³-hybridized carbons (Fsp3) is 0.455. The van der Waals surface area contributed by atoms with Gasteiger partial charge in [0, 0.05) is 17.1 Å². The monoisotopic (exact) mass is 304 g/mol. The molecule has 0 spiro atoms. The van der Waals surface area contributed by atoms with Crippen molar-refractivity contribution < 1.29 is 9.47 Å². The molecule has 76 valence electrons. The van der Waals surface area contributed by atoms with Gasteiger partial charge in [0.15, 0.2) is 6.29 Å². The first kappa shape index (κ1) is 10.4. The van der Waals surface area contributed by atoms with Crippen LogP contribution in [-0.2, 0) is 9.47 Å². The van der Waals surface area contributed by atoms with Crippen LogP contribution in [0.3, 0.4) is 0 Å². The second-order valence-corrected chi connectivity index (χ2v) is 4.66. The van der Waals surface area contributed by atoms with E-state index in [-0.39, 0.29) is 12.4 Å². The predicted molar refractivity (Wildman–Crippen MR) is 63.0 cm³/mol. The van der Waals surface area contributed by atoms with E-state index < -0.39 is 0 Å². The molecular weight excluding hydrogens is 291 g/mol. The summed E-state index contributed by atoms with van der Waals surface area (Å²) in [6.45, 7) is 0. The lowest BCUT2D eigenvalue weighted by Crippen LogP contribution is -2.08. The van der Waals surface area contributed by atoms with Gasteiger partial charge in [-0.1, -0.05) is 12.1 Å². The van der Waals surface area contributed by atoms with Crippen LogP contribution in [-0.4, -0.2) is 13.4 Å². The van der Waals surface area contributed by atoms with Crippen LogP contribution < -0.4 is 0 Å². The number of hydrogen-bond acceptors (Lipinski definition) is 2. The summed E-state index contributed by atoms with van der Waals surface area (Å²) >= 11 is 2.31. The molecule has 14 heavy (non-hydrogen) atoms. The highest BCUT2D eigenvalue weighted by molar-refractivity contribution is 14.1. The zero-order chi connectivity index (χ0) is 9.97. The standard InChI is InChI=1S/C11H13IO2/c1-13-11-7-6-10(14-11)8-2-4-9(12)5-3-8/h2-5,10-11H,6-7H2,1H3. The van der Waals surface area contributed by atoms with E-state index in [4.69, 9.17) is 9.47 Å². The maximum absolute atomic E-state index is 5.71. The van der Waals surface area contributed by atoms with E-state index in [0.717, 1.165) is 12.8 Å². The third kappa shape index (κ3) is 2.27. The summed E-state index contributed by atoms with van der Waals surface area (Å²) in [6, 6.07) is 8.48. The molecule has 1 saturated heterocycles. The van der Waals surface area contributed by atoms with E-state index in [2.05, 4.69) is 46.9 Å². The summed E-state index contributed by atoms with van der Waals surface area (Å²) in [5.41, 5.74) is 1.25. The van der Waals surface area contributed by atoms with Gasteiger partial charge in [-0.25, -0.2) is 0 Å². The Labute approximate surface area is 97.7 Å². The van der Waals surface area contributed by atoms with Gasteiger partial charge < -0.3 is 9.47 Å². The molecule has 2 nitrogen and oxygen atoms in total. The molecule has 0 saturated carbocycles. The molecule has 1 aromatic rings. The van der Waals surface area contributed by atoms with Crippen LogP contribution in [0.2, 0.25) is 0 Å². The van der Waals surface area contributed by atoms with Crippen molar-refractivity contribution in [2.75, 3.05) is 7.11 Å². The smallest absolute Gasteiger partial charge is 0.158 e. The van der Waals surface area contributed by atoms with E-state index in [1.807, 2.05) is 0 Å². The Balaban J connectivity index is 2.06. The summed E-state index contributed by atoms with van der Waals surface area (Å²) in [6.07, 6.45) is 2.25. The first-order valence-corrected chi connectivity index (χ1v) is 5.81. The van der Waals surface area contributed by atoms with Gasteiger partial charge in [-0.15, -0.1) is 0 Å². The minimum absolute atomic E-state index is 0.0146. The molecule has 1 aromatic carbocycles. The Kier molecular flexibility index (Phi) is 3.41. The zero-order valence-corrected chi connectivity index (χ0v) is 10.2. The maximum atomic E-state index is 5.71. The number of ether oxygens (including phenoxy) is 2. The van der Waals surface area contributed by atoms with Crippen LogP contribution in [0.5, 0.6) is 0 Å². The third-order valence-corrected chi connectivity index (χ3v) is 3.20. The van der Waals surface area contributed by atoms with Crippen LogP contribution >= 0.6 is 22.6 Å². The van der Waals surface area contributed by atoms with Gasteiger partial charge >= 0.3 is 0 Å². The molecule has 1 fully saturated rings. The van der Waals surface area contributed by atoms with Crippen LogP contribution in [0.15, 0.2) is 24.3 Å². The van der Waals surface area contributed by atoms with E-state index in [0.29, 0.717) is 0 Å².